The minimum absolute atomic E-state index is 0.240. The molecule has 30 heavy (non-hydrogen) atoms. The average Bonchev–Trinajstić information content (AvgIpc) is 2.75. The molecule has 0 aliphatic heterocycles. The van der Waals surface area contributed by atoms with Crippen LogP contribution in [0.25, 0.3) is 22.0 Å². The number of hydrogen-bond acceptors (Lipinski definition) is 4. The molecule has 1 heterocycles. The largest absolute Gasteiger partial charge is 0.495 e. The number of benzene rings is 3. The maximum Gasteiger partial charge on any atom is 0.267 e. The molecule has 0 radical (unpaired) electrons. The number of anilines is 1. The van der Waals surface area contributed by atoms with Crippen LogP contribution in [0.1, 0.15) is 0 Å². The van der Waals surface area contributed by atoms with Crippen LogP contribution in [0.15, 0.2) is 77.6 Å². The molecule has 7 heteroatoms. The minimum Gasteiger partial charge on any atom is -0.495 e. The zero-order valence-corrected chi connectivity index (χ0v) is 16.9. The summed E-state index contributed by atoms with van der Waals surface area (Å²) in [6.07, 6.45) is 0. The summed E-state index contributed by atoms with van der Waals surface area (Å²) in [7, 11) is 1.50. The lowest BCUT2D eigenvalue weighted by atomic mass is 10.1. The summed E-state index contributed by atoms with van der Waals surface area (Å²) >= 11 is 6.00. The number of hydrogen-bond donors (Lipinski definition) is 1. The SMILES string of the molecule is COc1ccc(Cl)cc1NC(=O)Cn1nc(-c2ccc3ccccc3c2)ccc1=O. The van der Waals surface area contributed by atoms with Gasteiger partial charge in [0.15, 0.2) is 0 Å². The molecule has 0 unspecified atom stereocenters. The summed E-state index contributed by atoms with van der Waals surface area (Å²) in [4.78, 5) is 24.8. The van der Waals surface area contributed by atoms with Crippen LogP contribution < -0.4 is 15.6 Å². The van der Waals surface area contributed by atoms with Crippen molar-refractivity contribution in [3.05, 3.63) is 88.2 Å². The van der Waals surface area contributed by atoms with Gasteiger partial charge >= 0.3 is 0 Å². The van der Waals surface area contributed by atoms with Gasteiger partial charge in [0.05, 0.1) is 18.5 Å². The zero-order chi connectivity index (χ0) is 21.1. The van der Waals surface area contributed by atoms with E-state index in [0.717, 1.165) is 21.0 Å². The number of carbonyl (C=O) groups is 1. The number of aromatic nitrogens is 2. The quantitative estimate of drug-likeness (QED) is 0.521. The Morgan fingerprint density at radius 3 is 2.63 bits per heavy atom. The fraction of sp³-hybridized carbons (Fsp3) is 0.0870. The van der Waals surface area contributed by atoms with Gasteiger partial charge in [-0.25, -0.2) is 4.68 Å². The van der Waals surface area contributed by atoms with Gasteiger partial charge in [-0.05, 0) is 41.1 Å². The van der Waals surface area contributed by atoms with E-state index in [9.17, 15) is 9.59 Å². The summed E-state index contributed by atoms with van der Waals surface area (Å²) < 4.78 is 6.37. The van der Waals surface area contributed by atoms with Crippen molar-refractivity contribution in [3.63, 3.8) is 0 Å². The molecule has 0 atom stereocenters. The predicted molar refractivity (Wildman–Crippen MR) is 118 cm³/mol. The smallest absolute Gasteiger partial charge is 0.267 e. The average molecular weight is 420 g/mol. The molecule has 150 valence electrons. The first kappa shape index (κ1) is 19.7. The third kappa shape index (κ3) is 4.18. The molecular formula is C23H18ClN3O3. The third-order valence-corrected chi connectivity index (χ3v) is 4.88. The van der Waals surface area contributed by atoms with Crippen LogP contribution in [-0.2, 0) is 11.3 Å². The molecule has 1 amide bonds. The number of halogens is 1. The Morgan fingerprint density at radius 1 is 1.03 bits per heavy atom. The number of methoxy groups -OCH3 is 1. The van der Waals surface area contributed by atoms with Crippen LogP contribution in [0.3, 0.4) is 0 Å². The standard InChI is InChI=1S/C23H18ClN3O3/c1-30-21-10-8-18(24)13-20(21)25-22(28)14-27-23(29)11-9-19(26-27)17-7-6-15-4-2-3-5-16(15)12-17/h2-13H,14H2,1H3,(H,25,28). The maximum absolute atomic E-state index is 12.5. The molecule has 4 rings (SSSR count). The van der Waals surface area contributed by atoms with E-state index >= 15 is 0 Å². The van der Waals surface area contributed by atoms with Crippen LogP contribution in [0, 0.1) is 0 Å². The number of carbonyl (C=O) groups excluding carboxylic acids is 1. The summed E-state index contributed by atoms with van der Waals surface area (Å²) in [6.45, 7) is -0.240. The Bertz CT molecular complexity index is 1300. The zero-order valence-electron chi connectivity index (χ0n) is 16.1. The third-order valence-electron chi connectivity index (χ3n) is 4.64. The fourth-order valence-corrected chi connectivity index (χ4v) is 3.34. The Morgan fingerprint density at radius 2 is 1.83 bits per heavy atom. The molecule has 1 N–H and O–H groups in total. The summed E-state index contributed by atoms with van der Waals surface area (Å²) in [6, 6.07) is 21.9. The lowest BCUT2D eigenvalue weighted by Gasteiger charge is -2.11. The number of nitrogens with one attached hydrogen (secondary N) is 1. The topological polar surface area (TPSA) is 73.2 Å². The number of nitrogens with zero attached hydrogens (tertiary/aromatic N) is 2. The molecular weight excluding hydrogens is 402 g/mol. The second-order valence-electron chi connectivity index (χ2n) is 6.67. The second kappa shape index (κ2) is 8.39. The van der Waals surface area contributed by atoms with Gasteiger partial charge in [-0.3, -0.25) is 9.59 Å². The van der Waals surface area contributed by atoms with E-state index in [0.29, 0.717) is 22.2 Å². The summed E-state index contributed by atoms with van der Waals surface area (Å²) in [5, 5.41) is 9.73. The second-order valence-corrected chi connectivity index (χ2v) is 7.11. The molecule has 6 nitrogen and oxygen atoms in total. The van der Waals surface area contributed by atoms with E-state index in [1.165, 1.54) is 13.2 Å². The van der Waals surface area contributed by atoms with Crippen molar-refractivity contribution in [2.24, 2.45) is 0 Å². The van der Waals surface area contributed by atoms with Gasteiger partial charge in [0, 0.05) is 16.7 Å². The van der Waals surface area contributed by atoms with Crippen LogP contribution >= 0.6 is 11.6 Å². The van der Waals surface area contributed by atoms with Crippen molar-refractivity contribution < 1.29 is 9.53 Å². The predicted octanol–water partition coefficient (Wildman–Crippen LogP) is 4.36. The Hall–Kier alpha value is -3.64. The van der Waals surface area contributed by atoms with Crippen molar-refractivity contribution in [3.8, 4) is 17.0 Å². The number of rotatable bonds is 5. The number of fused-ring (bicyclic) bond motifs is 1. The number of amides is 1. The Labute approximate surface area is 177 Å². The molecule has 1 aromatic heterocycles. The molecule has 3 aromatic carbocycles. The van der Waals surface area contributed by atoms with Crippen molar-refractivity contribution in [2.45, 2.75) is 6.54 Å². The van der Waals surface area contributed by atoms with Crippen molar-refractivity contribution in [2.75, 3.05) is 12.4 Å². The van der Waals surface area contributed by atoms with Crippen LogP contribution in [0.2, 0.25) is 5.02 Å². The van der Waals surface area contributed by atoms with Crippen LogP contribution in [-0.4, -0.2) is 22.8 Å². The number of ether oxygens (including phenoxy) is 1. The molecule has 0 fully saturated rings. The highest BCUT2D eigenvalue weighted by Crippen LogP contribution is 2.27. The van der Waals surface area contributed by atoms with Gasteiger partial charge in [0.1, 0.15) is 12.3 Å². The minimum atomic E-state index is -0.416. The van der Waals surface area contributed by atoms with Crippen LogP contribution in [0.4, 0.5) is 5.69 Å². The van der Waals surface area contributed by atoms with E-state index in [-0.39, 0.29) is 12.1 Å². The molecule has 0 bridgehead atoms. The fourth-order valence-electron chi connectivity index (χ4n) is 3.17. The molecule has 4 aromatic rings. The van der Waals surface area contributed by atoms with Gasteiger partial charge < -0.3 is 10.1 Å². The van der Waals surface area contributed by atoms with Crippen molar-refractivity contribution in [1.82, 2.24) is 9.78 Å². The van der Waals surface area contributed by atoms with Gasteiger partial charge in [-0.15, -0.1) is 0 Å². The van der Waals surface area contributed by atoms with Crippen LogP contribution in [0.5, 0.6) is 5.75 Å². The van der Waals surface area contributed by atoms with Gasteiger partial charge in [-0.1, -0.05) is 48.0 Å². The molecule has 0 aliphatic carbocycles. The summed E-state index contributed by atoms with van der Waals surface area (Å²) in [5.41, 5.74) is 1.52. The van der Waals surface area contributed by atoms with E-state index in [1.54, 1.807) is 24.3 Å². The van der Waals surface area contributed by atoms with E-state index in [4.69, 9.17) is 16.3 Å². The maximum atomic E-state index is 12.5. The van der Waals surface area contributed by atoms with Crippen molar-refractivity contribution >= 4 is 34.0 Å². The van der Waals surface area contributed by atoms with E-state index in [1.807, 2.05) is 42.5 Å². The van der Waals surface area contributed by atoms with Gasteiger partial charge in [-0.2, -0.15) is 5.10 Å². The first-order valence-corrected chi connectivity index (χ1v) is 9.62. The highest BCUT2D eigenvalue weighted by atomic mass is 35.5. The molecule has 0 aliphatic rings. The molecule has 0 spiro atoms. The van der Waals surface area contributed by atoms with Gasteiger partial charge in [0.25, 0.3) is 5.56 Å². The molecule has 0 saturated heterocycles. The highest BCUT2D eigenvalue weighted by Gasteiger charge is 2.12. The lowest BCUT2D eigenvalue weighted by Crippen LogP contribution is -2.29. The molecule has 0 saturated carbocycles. The first-order chi connectivity index (χ1) is 14.5. The van der Waals surface area contributed by atoms with E-state index in [2.05, 4.69) is 10.4 Å². The first-order valence-electron chi connectivity index (χ1n) is 9.24. The summed E-state index contributed by atoms with van der Waals surface area (Å²) in [5.74, 6) is 0.0544. The van der Waals surface area contributed by atoms with Crippen molar-refractivity contribution in [1.29, 1.82) is 0 Å². The Kier molecular flexibility index (Phi) is 5.50. The van der Waals surface area contributed by atoms with E-state index < -0.39 is 5.91 Å². The van der Waals surface area contributed by atoms with Gasteiger partial charge in [0.2, 0.25) is 5.91 Å². The Balaban J connectivity index is 1.59. The monoisotopic (exact) mass is 419 g/mol. The highest BCUT2D eigenvalue weighted by molar-refractivity contribution is 6.31. The normalized spacial score (nSPS) is 10.7. The lowest BCUT2D eigenvalue weighted by molar-refractivity contribution is -0.117.